The molecule has 1 N–H and O–H groups in total. The number of benzene rings is 2. The van der Waals surface area contributed by atoms with E-state index in [0.29, 0.717) is 11.8 Å². The van der Waals surface area contributed by atoms with E-state index in [2.05, 4.69) is 29.6 Å². The summed E-state index contributed by atoms with van der Waals surface area (Å²) >= 11 is 0. The van der Waals surface area contributed by atoms with Gasteiger partial charge in [-0.3, -0.25) is 0 Å². The summed E-state index contributed by atoms with van der Waals surface area (Å²) in [5.74, 6) is 0.943. The van der Waals surface area contributed by atoms with Crippen LogP contribution in [0.2, 0.25) is 0 Å². The minimum Gasteiger partial charge on any atom is -0.319 e. The molecule has 0 aromatic heterocycles. The lowest BCUT2D eigenvalue weighted by Gasteiger charge is -2.32. The van der Waals surface area contributed by atoms with Crippen LogP contribution in [0.25, 0.3) is 0 Å². The molecular formula is C20H25ClFN. The van der Waals surface area contributed by atoms with Crippen molar-refractivity contribution in [3.8, 4) is 0 Å². The summed E-state index contributed by atoms with van der Waals surface area (Å²) < 4.78 is 13.5. The average Bonchev–Trinajstić information content (AvgIpc) is 2.54. The maximum Gasteiger partial charge on any atom is 0.123 e. The summed E-state index contributed by atoms with van der Waals surface area (Å²) in [6.07, 6.45) is 4.61. The SMILES string of the molecule is CNCC(Cc1cccc(F)c1)C1CCCc2ccccc21.Cl. The number of aryl methyl sites for hydroxylation is 1. The maximum atomic E-state index is 13.5. The molecule has 2 aromatic carbocycles. The van der Waals surface area contributed by atoms with Crippen LogP contribution in [0.4, 0.5) is 4.39 Å². The van der Waals surface area contributed by atoms with Gasteiger partial charge in [0.1, 0.15) is 5.82 Å². The van der Waals surface area contributed by atoms with Gasteiger partial charge in [-0.05, 0) is 79.9 Å². The highest BCUT2D eigenvalue weighted by atomic mass is 35.5. The molecule has 0 aliphatic heterocycles. The molecule has 0 spiro atoms. The summed E-state index contributed by atoms with van der Waals surface area (Å²) in [6, 6.07) is 15.9. The molecule has 1 aliphatic rings. The van der Waals surface area contributed by atoms with Crippen LogP contribution in [0, 0.1) is 11.7 Å². The van der Waals surface area contributed by atoms with Gasteiger partial charge in [0.25, 0.3) is 0 Å². The molecule has 0 bridgehead atoms. The van der Waals surface area contributed by atoms with E-state index in [-0.39, 0.29) is 18.2 Å². The van der Waals surface area contributed by atoms with Crippen LogP contribution >= 0.6 is 12.4 Å². The second-order valence-corrected chi connectivity index (χ2v) is 6.35. The Morgan fingerprint density at radius 2 is 2.00 bits per heavy atom. The zero-order chi connectivity index (χ0) is 15.4. The molecule has 1 nitrogen and oxygen atoms in total. The first-order chi connectivity index (χ1) is 10.8. The highest BCUT2D eigenvalue weighted by Gasteiger charge is 2.27. The third-order valence-corrected chi connectivity index (χ3v) is 4.84. The fourth-order valence-electron chi connectivity index (χ4n) is 3.87. The van der Waals surface area contributed by atoms with Crippen LogP contribution in [-0.2, 0) is 12.8 Å². The Bertz CT molecular complexity index is 629. The first-order valence-electron chi connectivity index (χ1n) is 8.25. The van der Waals surface area contributed by atoms with Crippen LogP contribution in [0.1, 0.15) is 35.4 Å². The minimum atomic E-state index is -0.134. The van der Waals surface area contributed by atoms with Crippen molar-refractivity contribution >= 4 is 12.4 Å². The number of halogens is 2. The highest BCUT2D eigenvalue weighted by Crippen LogP contribution is 2.38. The first kappa shape index (κ1) is 18.0. The summed E-state index contributed by atoms with van der Waals surface area (Å²) in [5.41, 5.74) is 4.10. The molecule has 0 radical (unpaired) electrons. The highest BCUT2D eigenvalue weighted by molar-refractivity contribution is 5.85. The van der Waals surface area contributed by atoms with Gasteiger partial charge in [0.2, 0.25) is 0 Å². The Hall–Kier alpha value is -1.38. The molecule has 23 heavy (non-hydrogen) atoms. The van der Waals surface area contributed by atoms with Crippen molar-refractivity contribution in [1.82, 2.24) is 5.32 Å². The number of hydrogen-bond acceptors (Lipinski definition) is 1. The largest absolute Gasteiger partial charge is 0.319 e. The Morgan fingerprint density at radius 1 is 1.17 bits per heavy atom. The van der Waals surface area contributed by atoms with Gasteiger partial charge in [0.15, 0.2) is 0 Å². The zero-order valence-corrected chi connectivity index (χ0v) is 14.4. The molecule has 0 saturated heterocycles. The van der Waals surface area contributed by atoms with Gasteiger partial charge in [-0.1, -0.05) is 36.4 Å². The van der Waals surface area contributed by atoms with Crippen molar-refractivity contribution < 1.29 is 4.39 Å². The normalized spacial score (nSPS) is 17.9. The summed E-state index contributed by atoms with van der Waals surface area (Å²) in [6.45, 7) is 0.968. The van der Waals surface area contributed by atoms with E-state index < -0.39 is 0 Å². The predicted molar refractivity (Wildman–Crippen MR) is 96.9 cm³/mol. The molecule has 0 saturated carbocycles. The van der Waals surface area contributed by atoms with Gasteiger partial charge in [-0.25, -0.2) is 4.39 Å². The number of rotatable bonds is 5. The van der Waals surface area contributed by atoms with Crippen LogP contribution in [0.15, 0.2) is 48.5 Å². The first-order valence-corrected chi connectivity index (χ1v) is 8.25. The Balaban J connectivity index is 0.00000192. The van der Waals surface area contributed by atoms with E-state index in [1.54, 1.807) is 6.07 Å². The van der Waals surface area contributed by atoms with Gasteiger partial charge < -0.3 is 5.32 Å². The van der Waals surface area contributed by atoms with Gasteiger partial charge >= 0.3 is 0 Å². The lowest BCUT2D eigenvalue weighted by atomic mass is 9.74. The molecule has 1 aliphatic carbocycles. The molecular weight excluding hydrogens is 309 g/mol. The van der Waals surface area contributed by atoms with Gasteiger partial charge in [0, 0.05) is 0 Å². The van der Waals surface area contributed by atoms with Crippen molar-refractivity contribution in [2.24, 2.45) is 5.92 Å². The third kappa shape index (κ3) is 4.33. The fraction of sp³-hybridized carbons (Fsp3) is 0.400. The molecule has 0 fully saturated rings. The summed E-state index contributed by atoms with van der Waals surface area (Å²) in [4.78, 5) is 0. The molecule has 2 unspecified atom stereocenters. The van der Waals surface area contributed by atoms with E-state index in [1.165, 1.54) is 36.5 Å². The predicted octanol–water partition coefficient (Wildman–Crippen LogP) is 4.75. The van der Waals surface area contributed by atoms with Crippen LogP contribution in [-0.4, -0.2) is 13.6 Å². The van der Waals surface area contributed by atoms with Gasteiger partial charge in [-0.15, -0.1) is 12.4 Å². The second-order valence-electron chi connectivity index (χ2n) is 6.35. The van der Waals surface area contributed by atoms with E-state index in [4.69, 9.17) is 0 Å². The maximum absolute atomic E-state index is 13.5. The second kappa shape index (κ2) is 8.47. The Morgan fingerprint density at radius 3 is 2.78 bits per heavy atom. The zero-order valence-electron chi connectivity index (χ0n) is 13.6. The lowest BCUT2D eigenvalue weighted by Crippen LogP contribution is -2.29. The Labute approximate surface area is 144 Å². The molecule has 124 valence electrons. The summed E-state index contributed by atoms with van der Waals surface area (Å²) in [5, 5.41) is 3.34. The molecule has 2 aromatic rings. The van der Waals surface area contributed by atoms with Crippen LogP contribution in [0.5, 0.6) is 0 Å². The standard InChI is InChI=1S/C20H24FN.ClH/c1-22-14-17(12-15-6-4-9-18(21)13-15)20-11-5-8-16-7-2-3-10-19(16)20;/h2-4,6-7,9-10,13,17,20,22H,5,8,11-12,14H2,1H3;1H. The number of hydrogen-bond donors (Lipinski definition) is 1. The third-order valence-electron chi connectivity index (χ3n) is 4.84. The topological polar surface area (TPSA) is 12.0 Å². The van der Waals surface area contributed by atoms with Crippen molar-refractivity contribution in [3.05, 3.63) is 71.0 Å². The smallest absolute Gasteiger partial charge is 0.123 e. The van der Waals surface area contributed by atoms with E-state index in [1.807, 2.05) is 19.2 Å². The van der Waals surface area contributed by atoms with Gasteiger partial charge in [0.05, 0.1) is 0 Å². The average molecular weight is 334 g/mol. The number of fused-ring (bicyclic) bond motifs is 1. The van der Waals surface area contributed by atoms with Crippen LogP contribution in [0.3, 0.4) is 0 Å². The van der Waals surface area contributed by atoms with Crippen molar-refractivity contribution in [3.63, 3.8) is 0 Å². The molecule has 0 heterocycles. The fourth-order valence-corrected chi connectivity index (χ4v) is 3.87. The van der Waals surface area contributed by atoms with E-state index in [0.717, 1.165) is 18.5 Å². The monoisotopic (exact) mass is 333 g/mol. The molecule has 2 atom stereocenters. The molecule has 3 rings (SSSR count). The van der Waals surface area contributed by atoms with Crippen LogP contribution < -0.4 is 5.32 Å². The van der Waals surface area contributed by atoms with Gasteiger partial charge in [-0.2, -0.15) is 0 Å². The van der Waals surface area contributed by atoms with E-state index in [9.17, 15) is 4.39 Å². The summed E-state index contributed by atoms with van der Waals surface area (Å²) in [7, 11) is 2.01. The lowest BCUT2D eigenvalue weighted by molar-refractivity contribution is 0.365. The minimum absolute atomic E-state index is 0. The molecule has 3 heteroatoms. The molecule has 0 amide bonds. The van der Waals surface area contributed by atoms with E-state index >= 15 is 0 Å². The van der Waals surface area contributed by atoms with Crippen molar-refractivity contribution in [1.29, 1.82) is 0 Å². The van der Waals surface area contributed by atoms with Crippen molar-refractivity contribution in [2.75, 3.05) is 13.6 Å². The van der Waals surface area contributed by atoms with Crippen molar-refractivity contribution in [2.45, 2.75) is 31.6 Å². The quantitative estimate of drug-likeness (QED) is 0.833. The number of nitrogens with one attached hydrogen (secondary N) is 1. The Kier molecular flexibility index (Phi) is 6.61.